The van der Waals surface area contributed by atoms with Gasteiger partial charge in [0.15, 0.2) is 11.5 Å². The number of nitrogens with two attached hydrogens (primary N) is 1. The Morgan fingerprint density at radius 1 is 0.914 bits per heavy atom. The molecule has 6 heteroatoms. The van der Waals surface area contributed by atoms with E-state index in [4.69, 9.17) is 10.7 Å². The van der Waals surface area contributed by atoms with Crippen molar-refractivity contribution in [2.24, 2.45) is 0 Å². The van der Waals surface area contributed by atoms with Crippen LogP contribution in [-0.4, -0.2) is 19.4 Å². The zero-order valence-electron chi connectivity index (χ0n) is 19.8. The Bertz CT molecular complexity index is 1720. The standard InChI is InChI=1S/C29H26N6/c1-18-13-25-24(9-10-31-27(25)30)19(2)26(18)16-33-28-29-34-23(17-35(29)12-11-32-28)15-20-7-8-21-5-3-4-6-22(21)14-20/h3-14,17H,15-16H2,1-2H3,(H2,30,31)(H,32,33). The van der Waals surface area contributed by atoms with Crippen molar-refractivity contribution in [3.8, 4) is 0 Å². The second-order valence-electron chi connectivity index (χ2n) is 9.04. The number of nitrogens with one attached hydrogen (secondary N) is 1. The lowest BCUT2D eigenvalue weighted by molar-refractivity contribution is 1.05. The molecule has 0 aliphatic heterocycles. The summed E-state index contributed by atoms with van der Waals surface area (Å²) in [4.78, 5) is 13.7. The molecule has 0 bridgehead atoms. The number of anilines is 2. The lowest BCUT2D eigenvalue weighted by Crippen LogP contribution is -2.07. The quantitative estimate of drug-likeness (QED) is 0.340. The van der Waals surface area contributed by atoms with Crippen molar-refractivity contribution in [2.45, 2.75) is 26.8 Å². The Kier molecular flexibility index (Phi) is 5.07. The molecule has 6 nitrogen and oxygen atoms in total. The fourth-order valence-corrected chi connectivity index (χ4v) is 4.91. The third-order valence-electron chi connectivity index (χ3n) is 6.77. The van der Waals surface area contributed by atoms with Gasteiger partial charge >= 0.3 is 0 Å². The molecule has 0 saturated carbocycles. The maximum atomic E-state index is 6.11. The summed E-state index contributed by atoms with van der Waals surface area (Å²) in [5.74, 6) is 1.33. The number of aryl methyl sites for hydroxylation is 2. The second-order valence-corrected chi connectivity index (χ2v) is 9.04. The maximum Gasteiger partial charge on any atom is 0.180 e. The van der Waals surface area contributed by atoms with Crippen LogP contribution in [0.1, 0.15) is 27.9 Å². The number of nitrogens with zero attached hydrogens (tertiary/aromatic N) is 4. The minimum Gasteiger partial charge on any atom is -0.383 e. The first-order chi connectivity index (χ1) is 17.1. The van der Waals surface area contributed by atoms with Gasteiger partial charge in [-0.05, 0) is 64.4 Å². The van der Waals surface area contributed by atoms with Gasteiger partial charge in [0, 0.05) is 43.1 Å². The van der Waals surface area contributed by atoms with Crippen LogP contribution in [0, 0.1) is 13.8 Å². The van der Waals surface area contributed by atoms with Crippen LogP contribution in [-0.2, 0) is 13.0 Å². The van der Waals surface area contributed by atoms with Gasteiger partial charge in [0.1, 0.15) is 5.82 Å². The molecule has 3 heterocycles. The molecule has 0 amide bonds. The summed E-state index contributed by atoms with van der Waals surface area (Å²) < 4.78 is 2.04. The van der Waals surface area contributed by atoms with Crippen molar-refractivity contribution in [2.75, 3.05) is 11.1 Å². The Labute approximate surface area is 203 Å². The van der Waals surface area contributed by atoms with Crippen molar-refractivity contribution >= 4 is 38.8 Å². The molecule has 6 rings (SSSR count). The predicted molar refractivity (Wildman–Crippen MR) is 143 cm³/mol. The van der Waals surface area contributed by atoms with Gasteiger partial charge in [-0.15, -0.1) is 0 Å². The molecule has 0 saturated heterocycles. The molecule has 3 aromatic heterocycles. The van der Waals surface area contributed by atoms with Crippen molar-refractivity contribution < 1.29 is 0 Å². The van der Waals surface area contributed by atoms with Crippen LogP contribution in [0.3, 0.4) is 0 Å². The van der Waals surface area contributed by atoms with Crippen LogP contribution in [0.25, 0.3) is 27.2 Å². The van der Waals surface area contributed by atoms with Crippen LogP contribution in [0.2, 0.25) is 0 Å². The van der Waals surface area contributed by atoms with Gasteiger partial charge in [-0.25, -0.2) is 15.0 Å². The number of nitrogen functional groups attached to an aromatic ring is 1. The predicted octanol–water partition coefficient (Wildman–Crippen LogP) is 5.83. The lowest BCUT2D eigenvalue weighted by Gasteiger charge is -2.15. The van der Waals surface area contributed by atoms with Gasteiger partial charge in [-0.3, -0.25) is 0 Å². The van der Waals surface area contributed by atoms with Crippen LogP contribution in [0.15, 0.2) is 79.4 Å². The summed E-state index contributed by atoms with van der Waals surface area (Å²) in [6, 6.07) is 19.2. The van der Waals surface area contributed by atoms with E-state index in [1.165, 1.54) is 33.0 Å². The Hall–Kier alpha value is -4.45. The van der Waals surface area contributed by atoms with E-state index in [0.717, 1.165) is 34.4 Å². The van der Waals surface area contributed by atoms with E-state index >= 15 is 0 Å². The highest BCUT2D eigenvalue weighted by atomic mass is 15.1. The molecular formula is C29H26N6. The van der Waals surface area contributed by atoms with E-state index in [2.05, 4.69) is 83.9 Å². The van der Waals surface area contributed by atoms with E-state index in [-0.39, 0.29) is 0 Å². The van der Waals surface area contributed by atoms with E-state index in [9.17, 15) is 0 Å². The smallest absolute Gasteiger partial charge is 0.180 e. The Morgan fingerprint density at radius 2 is 1.77 bits per heavy atom. The van der Waals surface area contributed by atoms with Crippen molar-refractivity contribution in [1.82, 2.24) is 19.4 Å². The van der Waals surface area contributed by atoms with Crippen molar-refractivity contribution in [3.05, 3.63) is 107 Å². The van der Waals surface area contributed by atoms with Gasteiger partial charge in [-0.2, -0.15) is 0 Å². The largest absolute Gasteiger partial charge is 0.383 e. The number of aromatic nitrogens is 4. The van der Waals surface area contributed by atoms with Gasteiger partial charge in [0.2, 0.25) is 0 Å². The summed E-state index contributed by atoms with van der Waals surface area (Å²) in [6.07, 6.45) is 8.37. The summed E-state index contributed by atoms with van der Waals surface area (Å²) in [5, 5.41) is 8.15. The normalized spacial score (nSPS) is 11.5. The first kappa shape index (κ1) is 21.1. The first-order valence-corrected chi connectivity index (χ1v) is 11.7. The van der Waals surface area contributed by atoms with Crippen LogP contribution in [0.5, 0.6) is 0 Å². The summed E-state index contributed by atoms with van der Waals surface area (Å²) in [7, 11) is 0. The molecular weight excluding hydrogens is 432 g/mol. The van der Waals surface area contributed by atoms with Crippen molar-refractivity contribution in [1.29, 1.82) is 0 Å². The minimum absolute atomic E-state index is 0.566. The monoisotopic (exact) mass is 458 g/mol. The number of hydrogen-bond donors (Lipinski definition) is 2. The third-order valence-corrected chi connectivity index (χ3v) is 6.77. The number of fused-ring (bicyclic) bond motifs is 3. The number of benzene rings is 3. The molecule has 0 spiro atoms. The molecule has 3 aromatic carbocycles. The topological polar surface area (TPSA) is 81.1 Å². The fourth-order valence-electron chi connectivity index (χ4n) is 4.91. The molecule has 0 unspecified atom stereocenters. The van der Waals surface area contributed by atoms with Crippen LogP contribution in [0.4, 0.5) is 11.6 Å². The summed E-state index contributed by atoms with van der Waals surface area (Å²) in [6.45, 7) is 4.90. The average molecular weight is 459 g/mol. The summed E-state index contributed by atoms with van der Waals surface area (Å²) >= 11 is 0. The molecule has 35 heavy (non-hydrogen) atoms. The molecule has 0 radical (unpaired) electrons. The molecule has 172 valence electrons. The molecule has 3 N–H and O–H groups in total. The number of imidazole rings is 1. The Balaban J connectivity index is 1.29. The fraction of sp³-hybridized carbons (Fsp3) is 0.138. The molecule has 0 aliphatic carbocycles. The number of rotatable bonds is 5. The average Bonchev–Trinajstić information content (AvgIpc) is 3.28. The number of pyridine rings is 1. The van der Waals surface area contributed by atoms with Crippen LogP contribution >= 0.6 is 0 Å². The van der Waals surface area contributed by atoms with E-state index < -0.39 is 0 Å². The highest BCUT2D eigenvalue weighted by molar-refractivity contribution is 5.94. The van der Waals surface area contributed by atoms with Gasteiger partial charge in [0.05, 0.1) is 5.69 Å². The Morgan fingerprint density at radius 3 is 2.66 bits per heavy atom. The summed E-state index contributed by atoms with van der Waals surface area (Å²) in [5.41, 5.74) is 12.8. The van der Waals surface area contributed by atoms with Gasteiger partial charge < -0.3 is 15.5 Å². The third kappa shape index (κ3) is 3.83. The van der Waals surface area contributed by atoms with Crippen LogP contribution < -0.4 is 11.1 Å². The highest BCUT2D eigenvalue weighted by Gasteiger charge is 2.13. The minimum atomic E-state index is 0.566. The lowest BCUT2D eigenvalue weighted by atomic mass is 9.96. The number of hydrogen-bond acceptors (Lipinski definition) is 5. The highest BCUT2D eigenvalue weighted by Crippen LogP contribution is 2.29. The SMILES string of the molecule is Cc1cc2c(N)nccc2c(C)c1CNc1nccn2cc(Cc3ccc4ccccc4c3)nc12. The zero-order chi connectivity index (χ0) is 23.9. The van der Waals surface area contributed by atoms with Crippen molar-refractivity contribution in [3.63, 3.8) is 0 Å². The zero-order valence-corrected chi connectivity index (χ0v) is 19.8. The van der Waals surface area contributed by atoms with Gasteiger partial charge in [-0.1, -0.05) is 42.5 Å². The van der Waals surface area contributed by atoms with Gasteiger partial charge in [0.25, 0.3) is 0 Å². The first-order valence-electron chi connectivity index (χ1n) is 11.7. The molecule has 0 atom stereocenters. The molecule has 0 fully saturated rings. The second kappa shape index (κ2) is 8.40. The maximum absolute atomic E-state index is 6.11. The molecule has 0 aliphatic rings. The molecule has 6 aromatic rings. The van der Waals surface area contributed by atoms with E-state index in [1.807, 2.05) is 22.9 Å². The van der Waals surface area contributed by atoms with E-state index in [0.29, 0.717) is 12.4 Å². The van der Waals surface area contributed by atoms with E-state index in [1.54, 1.807) is 6.20 Å².